The monoisotopic (exact) mass is 366 g/mol. The Morgan fingerprint density at radius 2 is 1.77 bits per heavy atom. The Hall–Kier alpha value is -2.57. The molecule has 0 saturated heterocycles. The Kier molecular flexibility index (Phi) is 4.89. The highest BCUT2D eigenvalue weighted by Gasteiger charge is 2.46. The molecule has 0 unspecified atom stereocenters. The van der Waals surface area contributed by atoms with E-state index in [1.54, 1.807) is 18.2 Å². The summed E-state index contributed by atoms with van der Waals surface area (Å²) in [5.74, 6) is -0.295. The number of carbonyl (C=O) groups excluding carboxylic acids is 1. The number of alkyl halides is 3. The van der Waals surface area contributed by atoms with E-state index < -0.39 is 17.8 Å². The van der Waals surface area contributed by atoms with Crippen molar-refractivity contribution in [3.05, 3.63) is 71.0 Å². The van der Waals surface area contributed by atoms with Crippen LogP contribution >= 0.6 is 0 Å². The molecule has 1 fully saturated rings. The zero-order valence-corrected chi connectivity index (χ0v) is 13.9. The zero-order chi connectivity index (χ0) is 18.8. The lowest BCUT2D eigenvalue weighted by Crippen LogP contribution is -2.39. The smallest absolute Gasteiger partial charge is 0.337 e. The summed E-state index contributed by atoms with van der Waals surface area (Å²) >= 11 is 0. The Labute approximate surface area is 148 Å². The lowest BCUT2D eigenvalue weighted by Gasteiger charge is -2.17. The number of hydrogen-bond acceptors (Lipinski definition) is 1. The molecular formula is C19H18F4N2O. The van der Waals surface area contributed by atoms with Crippen LogP contribution < -0.4 is 10.6 Å². The van der Waals surface area contributed by atoms with Gasteiger partial charge in [-0.1, -0.05) is 30.3 Å². The van der Waals surface area contributed by atoms with E-state index in [2.05, 4.69) is 10.6 Å². The average molecular weight is 366 g/mol. The van der Waals surface area contributed by atoms with Crippen LogP contribution in [0, 0.1) is 5.82 Å². The molecule has 0 bridgehead atoms. The second kappa shape index (κ2) is 6.97. The highest BCUT2D eigenvalue weighted by atomic mass is 19.4. The van der Waals surface area contributed by atoms with E-state index in [9.17, 15) is 22.4 Å². The average Bonchev–Trinajstić information content (AvgIpc) is 3.39. The Morgan fingerprint density at radius 1 is 1.04 bits per heavy atom. The predicted molar refractivity (Wildman–Crippen MR) is 89.0 cm³/mol. The lowest BCUT2D eigenvalue weighted by molar-refractivity contribution is -0.137. The van der Waals surface area contributed by atoms with Gasteiger partial charge in [-0.25, -0.2) is 9.18 Å². The standard InChI is InChI=1S/C19H18F4N2O/c20-16-7-2-1-6-15(16)18(8-9-18)12-25-17(26)24-11-13-4-3-5-14(10-13)19(21,22)23/h1-7,10H,8-9,11-12H2,(H2,24,25,26). The molecule has 3 nitrogen and oxygen atoms in total. The third kappa shape index (κ3) is 4.15. The van der Waals surface area contributed by atoms with Crippen LogP contribution in [0.5, 0.6) is 0 Å². The normalized spacial score (nSPS) is 15.4. The molecule has 26 heavy (non-hydrogen) atoms. The molecular weight excluding hydrogens is 348 g/mol. The maximum absolute atomic E-state index is 13.9. The van der Waals surface area contributed by atoms with Gasteiger partial charge in [0.2, 0.25) is 0 Å². The van der Waals surface area contributed by atoms with Gasteiger partial charge >= 0.3 is 12.2 Å². The number of nitrogens with one attached hydrogen (secondary N) is 2. The minimum Gasteiger partial charge on any atom is -0.337 e. The molecule has 1 saturated carbocycles. The van der Waals surface area contributed by atoms with Crippen LogP contribution in [-0.2, 0) is 18.1 Å². The van der Waals surface area contributed by atoms with Crippen molar-refractivity contribution in [3.63, 3.8) is 0 Å². The van der Waals surface area contributed by atoms with Gasteiger partial charge in [-0.15, -0.1) is 0 Å². The SMILES string of the molecule is O=C(NCc1cccc(C(F)(F)F)c1)NCC1(c2ccccc2F)CC1. The number of benzene rings is 2. The lowest BCUT2D eigenvalue weighted by atomic mass is 9.95. The molecule has 2 amide bonds. The molecule has 2 aromatic carbocycles. The third-order valence-electron chi connectivity index (χ3n) is 4.59. The highest BCUT2D eigenvalue weighted by molar-refractivity contribution is 5.74. The van der Waals surface area contributed by atoms with Crippen LogP contribution in [0.25, 0.3) is 0 Å². The summed E-state index contributed by atoms with van der Waals surface area (Å²) in [4.78, 5) is 12.0. The van der Waals surface area contributed by atoms with Gasteiger partial charge in [0.1, 0.15) is 5.82 Å². The summed E-state index contributed by atoms with van der Waals surface area (Å²) in [5, 5.41) is 5.22. The fourth-order valence-corrected chi connectivity index (χ4v) is 2.94. The van der Waals surface area contributed by atoms with Crippen LogP contribution in [-0.4, -0.2) is 12.6 Å². The van der Waals surface area contributed by atoms with E-state index in [1.165, 1.54) is 18.2 Å². The molecule has 0 spiro atoms. The van der Waals surface area contributed by atoms with Crippen molar-refractivity contribution in [2.24, 2.45) is 0 Å². The predicted octanol–water partition coefficient (Wildman–Crippen LogP) is 4.38. The van der Waals surface area contributed by atoms with Gasteiger partial charge in [0.15, 0.2) is 0 Å². The molecule has 1 aliphatic rings. The molecule has 138 valence electrons. The second-order valence-corrected chi connectivity index (χ2v) is 6.49. The van der Waals surface area contributed by atoms with Gasteiger partial charge in [-0.05, 0) is 42.2 Å². The van der Waals surface area contributed by atoms with Gasteiger partial charge in [0.05, 0.1) is 5.56 Å². The van der Waals surface area contributed by atoms with E-state index in [-0.39, 0.29) is 24.3 Å². The molecule has 1 aliphatic carbocycles. The summed E-state index contributed by atoms with van der Waals surface area (Å²) in [6.45, 7) is 0.255. The van der Waals surface area contributed by atoms with Crippen molar-refractivity contribution in [2.75, 3.05) is 6.54 Å². The second-order valence-electron chi connectivity index (χ2n) is 6.49. The first-order valence-electron chi connectivity index (χ1n) is 8.23. The van der Waals surface area contributed by atoms with Crippen LogP contribution in [0.2, 0.25) is 0 Å². The molecule has 7 heteroatoms. The zero-order valence-electron chi connectivity index (χ0n) is 13.9. The fraction of sp³-hybridized carbons (Fsp3) is 0.316. The largest absolute Gasteiger partial charge is 0.416 e. The van der Waals surface area contributed by atoms with Crippen LogP contribution in [0.15, 0.2) is 48.5 Å². The van der Waals surface area contributed by atoms with Gasteiger partial charge in [0.25, 0.3) is 0 Å². The van der Waals surface area contributed by atoms with Gasteiger partial charge < -0.3 is 10.6 Å². The van der Waals surface area contributed by atoms with E-state index in [0.29, 0.717) is 11.1 Å². The number of hydrogen-bond donors (Lipinski definition) is 2. The third-order valence-corrected chi connectivity index (χ3v) is 4.59. The molecule has 0 aromatic heterocycles. The summed E-state index contributed by atoms with van der Waals surface area (Å²) in [7, 11) is 0. The van der Waals surface area contributed by atoms with Crippen molar-refractivity contribution >= 4 is 6.03 Å². The number of rotatable bonds is 5. The van der Waals surface area contributed by atoms with Crippen LogP contribution in [0.1, 0.15) is 29.5 Å². The fourth-order valence-electron chi connectivity index (χ4n) is 2.94. The molecule has 0 radical (unpaired) electrons. The first kappa shape index (κ1) is 18.2. The van der Waals surface area contributed by atoms with E-state index >= 15 is 0 Å². The van der Waals surface area contributed by atoms with Crippen molar-refractivity contribution in [1.29, 1.82) is 0 Å². The molecule has 0 heterocycles. The molecule has 2 N–H and O–H groups in total. The van der Waals surface area contributed by atoms with Crippen molar-refractivity contribution in [3.8, 4) is 0 Å². The highest BCUT2D eigenvalue weighted by Crippen LogP contribution is 2.48. The number of halogens is 4. The first-order valence-corrected chi connectivity index (χ1v) is 8.23. The van der Waals surface area contributed by atoms with E-state index in [4.69, 9.17) is 0 Å². The van der Waals surface area contributed by atoms with Gasteiger partial charge in [-0.3, -0.25) is 0 Å². The Morgan fingerprint density at radius 3 is 2.42 bits per heavy atom. The Bertz CT molecular complexity index is 800. The summed E-state index contributed by atoms with van der Waals surface area (Å²) in [6, 6.07) is 10.8. The quantitative estimate of drug-likeness (QED) is 0.758. The van der Waals surface area contributed by atoms with Crippen molar-refractivity contribution in [1.82, 2.24) is 10.6 Å². The molecule has 3 rings (SSSR count). The maximum Gasteiger partial charge on any atom is 0.416 e. The number of amides is 2. The molecule has 2 aromatic rings. The molecule has 0 aliphatic heterocycles. The summed E-state index contributed by atoms with van der Waals surface area (Å²) < 4.78 is 52.0. The minimum absolute atomic E-state index is 0.0253. The number of carbonyl (C=O) groups is 1. The van der Waals surface area contributed by atoms with E-state index in [1.807, 2.05) is 0 Å². The Balaban J connectivity index is 1.53. The van der Waals surface area contributed by atoms with E-state index in [0.717, 1.165) is 25.0 Å². The topological polar surface area (TPSA) is 41.1 Å². The van der Waals surface area contributed by atoms with Crippen molar-refractivity contribution < 1.29 is 22.4 Å². The minimum atomic E-state index is -4.42. The van der Waals surface area contributed by atoms with Crippen LogP contribution in [0.4, 0.5) is 22.4 Å². The summed E-state index contributed by atoms with van der Waals surface area (Å²) in [5.41, 5.74) is -0.212. The van der Waals surface area contributed by atoms with Gasteiger partial charge in [0, 0.05) is 18.5 Å². The summed E-state index contributed by atoms with van der Waals surface area (Å²) in [6.07, 6.45) is -2.86. The maximum atomic E-state index is 13.9. The first-order chi connectivity index (χ1) is 12.3. The van der Waals surface area contributed by atoms with Crippen LogP contribution in [0.3, 0.4) is 0 Å². The number of urea groups is 1. The van der Waals surface area contributed by atoms with Gasteiger partial charge in [-0.2, -0.15) is 13.2 Å². The van der Waals surface area contributed by atoms with Crippen molar-refractivity contribution in [2.45, 2.75) is 31.0 Å². The molecule has 0 atom stereocenters.